The van der Waals surface area contributed by atoms with E-state index in [-0.39, 0.29) is 17.1 Å². The summed E-state index contributed by atoms with van der Waals surface area (Å²) in [7, 11) is -1.87. The Morgan fingerprint density at radius 2 is 2.00 bits per heavy atom. The van der Waals surface area contributed by atoms with Crippen molar-refractivity contribution in [2.75, 3.05) is 20.1 Å². The molecule has 0 bridgehead atoms. The van der Waals surface area contributed by atoms with Crippen LogP contribution < -0.4 is 4.72 Å². The van der Waals surface area contributed by atoms with Crippen molar-refractivity contribution < 1.29 is 17.9 Å². The number of sulfonamides is 1. The van der Waals surface area contributed by atoms with Crippen LogP contribution in [0.4, 0.5) is 5.69 Å². The van der Waals surface area contributed by atoms with E-state index in [9.17, 15) is 18.5 Å². The number of rotatable bonds is 8. The third-order valence-electron chi connectivity index (χ3n) is 3.06. The van der Waals surface area contributed by atoms with Gasteiger partial charge in [0.1, 0.15) is 0 Å². The monoisotopic (exact) mass is 340 g/mol. The van der Waals surface area contributed by atoms with Crippen LogP contribution >= 0.6 is 0 Å². The van der Waals surface area contributed by atoms with E-state index in [0.29, 0.717) is 18.8 Å². The summed E-state index contributed by atoms with van der Waals surface area (Å²) < 4.78 is 31.6. The maximum absolute atomic E-state index is 12.1. The van der Waals surface area contributed by atoms with Crippen molar-refractivity contribution >= 4 is 15.7 Å². The molecule has 0 saturated carbocycles. The molecule has 1 heterocycles. The number of nitro groups is 1. The van der Waals surface area contributed by atoms with Crippen LogP contribution in [-0.2, 0) is 16.6 Å². The lowest BCUT2D eigenvalue weighted by atomic mass is 10.3. The first-order valence-corrected chi connectivity index (χ1v) is 8.19. The van der Waals surface area contributed by atoms with E-state index in [0.717, 1.165) is 12.1 Å². The molecule has 0 unspecified atom stereocenters. The molecule has 1 aromatic carbocycles. The number of nitrogens with one attached hydrogen (secondary N) is 1. The predicted molar refractivity (Wildman–Crippen MR) is 81.1 cm³/mol. The van der Waals surface area contributed by atoms with Gasteiger partial charge in [-0.1, -0.05) is 5.16 Å². The average molecular weight is 340 g/mol. The van der Waals surface area contributed by atoms with E-state index >= 15 is 0 Å². The van der Waals surface area contributed by atoms with Gasteiger partial charge in [-0.3, -0.25) is 15.0 Å². The maximum Gasteiger partial charge on any atom is 0.269 e. The number of likely N-dealkylation sites (N-methyl/N-ethyl adjacent to an activating group) is 1. The van der Waals surface area contributed by atoms with E-state index in [1.54, 1.807) is 12.3 Å². The minimum atomic E-state index is -3.70. The fourth-order valence-corrected chi connectivity index (χ4v) is 2.89. The van der Waals surface area contributed by atoms with Gasteiger partial charge in [-0.2, -0.15) is 0 Å². The number of nitro benzene ring substituents is 1. The summed E-state index contributed by atoms with van der Waals surface area (Å²) in [5.74, 6) is 0.686. The Labute approximate surface area is 133 Å². The highest BCUT2D eigenvalue weighted by molar-refractivity contribution is 7.89. The van der Waals surface area contributed by atoms with E-state index in [1.807, 2.05) is 11.9 Å². The van der Waals surface area contributed by atoms with Gasteiger partial charge in [0.2, 0.25) is 10.0 Å². The number of aromatic nitrogens is 1. The molecule has 0 aliphatic heterocycles. The molecule has 0 aliphatic carbocycles. The van der Waals surface area contributed by atoms with Gasteiger partial charge in [0.25, 0.3) is 5.69 Å². The number of nitrogens with zero attached hydrogens (tertiary/aromatic N) is 3. The van der Waals surface area contributed by atoms with Gasteiger partial charge in [0.15, 0.2) is 5.76 Å². The highest BCUT2D eigenvalue weighted by Gasteiger charge is 2.15. The zero-order valence-electron chi connectivity index (χ0n) is 12.4. The van der Waals surface area contributed by atoms with Crippen molar-refractivity contribution in [2.45, 2.75) is 11.4 Å². The summed E-state index contributed by atoms with van der Waals surface area (Å²) in [6.45, 7) is 1.18. The molecule has 0 atom stereocenters. The van der Waals surface area contributed by atoms with Crippen molar-refractivity contribution in [2.24, 2.45) is 0 Å². The second kappa shape index (κ2) is 7.31. The Morgan fingerprint density at radius 1 is 1.30 bits per heavy atom. The van der Waals surface area contributed by atoms with E-state index in [4.69, 9.17) is 4.52 Å². The van der Waals surface area contributed by atoms with Crippen LogP contribution in [-0.4, -0.2) is 43.5 Å². The minimum Gasteiger partial charge on any atom is -0.360 e. The summed E-state index contributed by atoms with van der Waals surface area (Å²) in [5.41, 5.74) is -0.157. The van der Waals surface area contributed by atoms with Crippen LogP contribution in [0, 0.1) is 10.1 Å². The second-order valence-electron chi connectivity index (χ2n) is 4.87. The molecule has 0 amide bonds. The van der Waals surface area contributed by atoms with E-state index in [2.05, 4.69) is 9.88 Å². The molecule has 2 aromatic rings. The van der Waals surface area contributed by atoms with Crippen LogP contribution in [0.5, 0.6) is 0 Å². The Hall–Kier alpha value is -2.30. The third kappa shape index (κ3) is 4.84. The molecular weight excluding hydrogens is 324 g/mol. The van der Waals surface area contributed by atoms with E-state index in [1.165, 1.54) is 12.1 Å². The summed E-state index contributed by atoms with van der Waals surface area (Å²) in [5, 5.41) is 14.2. The number of non-ortho nitro benzene ring substituents is 1. The molecule has 1 N–H and O–H groups in total. The van der Waals surface area contributed by atoms with Crippen molar-refractivity contribution in [1.29, 1.82) is 0 Å². The lowest BCUT2D eigenvalue weighted by Crippen LogP contribution is -2.32. The lowest BCUT2D eigenvalue weighted by molar-refractivity contribution is -0.384. The summed E-state index contributed by atoms with van der Waals surface area (Å²) in [6, 6.07) is 6.46. The lowest BCUT2D eigenvalue weighted by Gasteiger charge is -2.15. The normalized spacial score (nSPS) is 11.7. The standard InChI is InChI=1S/C13H16N4O5S/c1-16(10-12-6-7-14-22-12)9-8-15-23(20,21)13-4-2-11(3-5-13)17(18)19/h2-7,15H,8-10H2,1H3. The number of hydrogen-bond donors (Lipinski definition) is 1. The minimum absolute atomic E-state index is 0.0130. The van der Waals surface area contributed by atoms with Crippen LogP contribution in [0.1, 0.15) is 5.76 Å². The summed E-state index contributed by atoms with van der Waals surface area (Å²) in [4.78, 5) is 11.8. The first-order valence-electron chi connectivity index (χ1n) is 6.71. The molecule has 1 aromatic heterocycles. The van der Waals surface area contributed by atoms with Crippen molar-refractivity contribution in [3.05, 3.63) is 52.4 Å². The molecule has 10 heteroatoms. The predicted octanol–water partition coefficient (Wildman–Crippen LogP) is 0.993. The Morgan fingerprint density at radius 3 is 2.57 bits per heavy atom. The molecule has 0 aliphatic rings. The summed E-state index contributed by atoms with van der Waals surface area (Å²) >= 11 is 0. The van der Waals surface area contributed by atoms with Gasteiger partial charge >= 0.3 is 0 Å². The molecule has 9 nitrogen and oxygen atoms in total. The molecular formula is C13H16N4O5S. The molecule has 0 saturated heterocycles. The van der Waals surface area contributed by atoms with Crippen LogP contribution in [0.3, 0.4) is 0 Å². The smallest absolute Gasteiger partial charge is 0.269 e. The first-order chi connectivity index (χ1) is 10.9. The molecule has 0 radical (unpaired) electrons. The average Bonchev–Trinajstić information content (AvgIpc) is 3.00. The Kier molecular flexibility index (Phi) is 5.42. The van der Waals surface area contributed by atoms with Gasteiger partial charge < -0.3 is 4.52 Å². The number of hydrogen-bond acceptors (Lipinski definition) is 7. The zero-order chi connectivity index (χ0) is 16.9. The van der Waals surface area contributed by atoms with Gasteiger partial charge in [-0.25, -0.2) is 13.1 Å². The topological polar surface area (TPSA) is 119 Å². The quantitative estimate of drug-likeness (QED) is 0.562. The molecule has 0 spiro atoms. The molecule has 23 heavy (non-hydrogen) atoms. The van der Waals surface area contributed by atoms with E-state index < -0.39 is 14.9 Å². The summed E-state index contributed by atoms with van der Waals surface area (Å²) in [6.07, 6.45) is 1.54. The fourth-order valence-electron chi connectivity index (χ4n) is 1.87. The van der Waals surface area contributed by atoms with Crippen molar-refractivity contribution in [1.82, 2.24) is 14.8 Å². The van der Waals surface area contributed by atoms with Gasteiger partial charge in [-0.05, 0) is 19.2 Å². The highest BCUT2D eigenvalue weighted by atomic mass is 32.2. The number of benzene rings is 1. The second-order valence-corrected chi connectivity index (χ2v) is 6.63. The Balaban J connectivity index is 1.87. The molecule has 2 rings (SSSR count). The molecule has 124 valence electrons. The van der Waals surface area contributed by atoms with Gasteiger partial charge in [-0.15, -0.1) is 0 Å². The largest absolute Gasteiger partial charge is 0.360 e. The van der Waals surface area contributed by atoms with Crippen molar-refractivity contribution in [3.63, 3.8) is 0 Å². The van der Waals surface area contributed by atoms with Crippen molar-refractivity contribution in [3.8, 4) is 0 Å². The van der Waals surface area contributed by atoms with Gasteiger partial charge in [0, 0.05) is 31.3 Å². The van der Waals surface area contributed by atoms with Gasteiger partial charge in [0.05, 0.1) is 22.6 Å². The maximum atomic E-state index is 12.1. The van der Waals surface area contributed by atoms with Crippen LogP contribution in [0.25, 0.3) is 0 Å². The fraction of sp³-hybridized carbons (Fsp3) is 0.308. The third-order valence-corrected chi connectivity index (χ3v) is 4.54. The first kappa shape index (κ1) is 17.1. The zero-order valence-corrected chi connectivity index (χ0v) is 13.2. The van der Waals surface area contributed by atoms with Crippen LogP contribution in [0.2, 0.25) is 0 Å². The SMILES string of the molecule is CN(CCNS(=O)(=O)c1ccc([N+](=O)[O-])cc1)Cc1ccno1. The highest BCUT2D eigenvalue weighted by Crippen LogP contribution is 2.15. The van der Waals surface area contributed by atoms with Crippen LogP contribution in [0.15, 0.2) is 45.9 Å². The molecule has 0 fully saturated rings. The Bertz CT molecular complexity index is 743.